The summed E-state index contributed by atoms with van der Waals surface area (Å²) >= 11 is 0. The number of rotatable bonds is 4. The van der Waals surface area contributed by atoms with Crippen LogP contribution in [0.1, 0.15) is 39.0 Å². The third kappa shape index (κ3) is 4.58. The van der Waals surface area contributed by atoms with Crippen molar-refractivity contribution in [2.24, 2.45) is 0 Å². The topological polar surface area (TPSA) is 71.8 Å². The molecule has 0 spiro atoms. The lowest BCUT2D eigenvalue weighted by molar-refractivity contribution is 0.262. The molecule has 2 heterocycles. The highest BCUT2D eigenvalue weighted by Gasteiger charge is 2.21. The maximum atomic E-state index is 12.7. The molecule has 0 atom stereocenters. The van der Waals surface area contributed by atoms with E-state index < -0.39 is 0 Å². The van der Waals surface area contributed by atoms with Crippen LogP contribution >= 0.6 is 0 Å². The predicted octanol–water partition coefficient (Wildman–Crippen LogP) is 5.92. The van der Waals surface area contributed by atoms with Crippen molar-refractivity contribution in [3.8, 4) is 5.69 Å². The largest absolute Gasteiger partial charge is 0.324 e. The number of hydrogen-bond donors (Lipinski definition) is 2. The lowest BCUT2D eigenvalue weighted by atomic mass is 9.92. The first-order valence-electron chi connectivity index (χ1n) is 10.5. The number of carbonyl (C=O) groups excluding carboxylic acids is 1. The molecule has 0 aliphatic rings. The van der Waals surface area contributed by atoms with Crippen molar-refractivity contribution in [3.05, 3.63) is 78.1 Å². The Morgan fingerprint density at radius 3 is 2.48 bits per heavy atom. The van der Waals surface area contributed by atoms with E-state index in [0.717, 1.165) is 34.4 Å². The summed E-state index contributed by atoms with van der Waals surface area (Å²) in [4.78, 5) is 17.1. The van der Waals surface area contributed by atoms with Crippen LogP contribution in [0, 0.1) is 0 Å². The Morgan fingerprint density at radius 2 is 1.77 bits per heavy atom. The monoisotopic (exact) mass is 413 g/mol. The van der Waals surface area contributed by atoms with Crippen molar-refractivity contribution in [2.75, 3.05) is 10.6 Å². The lowest BCUT2D eigenvalue weighted by Gasteiger charge is -2.14. The fourth-order valence-corrected chi connectivity index (χ4v) is 3.33. The molecule has 6 heteroatoms. The predicted molar refractivity (Wildman–Crippen MR) is 126 cm³/mol. The second-order valence-corrected chi connectivity index (χ2v) is 8.59. The number of nitrogens with zero attached hydrogens (tertiary/aromatic N) is 3. The molecule has 158 valence electrons. The third-order valence-electron chi connectivity index (χ3n) is 5.17. The molecule has 6 nitrogen and oxygen atoms in total. The molecule has 0 aliphatic carbocycles. The number of hydrogen-bond acceptors (Lipinski definition) is 3. The quantitative estimate of drug-likeness (QED) is 0.436. The molecule has 2 aromatic carbocycles. The Morgan fingerprint density at radius 1 is 1.00 bits per heavy atom. The van der Waals surface area contributed by atoms with Gasteiger partial charge in [0, 0.05) is 28.8 Å². The summed E-state index contributed by atoms with van der Waals surface area (Å²) in [5.74, 6) is 0.607. The molecular formula is C25H27N5O. The van der Waals surface area contributed by atoms with E-state index >= 15 is 0 Å². The van der Waals surface area contributed by atoms with Gasteiger partial charge in [0.25, 0.3) is 0 Å². The molecule has 2 aromatic heterocycles. The highest BCUT2D eigenvalue weighted by atomic mass is 16.2. The van der Waals surface area contributed by atoms with Gasteiger partial charge < -0.3 is 5.32 Å². The Bertz CT molecular complexity index is 1220. The smallest absolute Gasteiger partial charge is 0.308 e. The zero-order chi connectivity index (χ0) is 22.0. The van der Waals surface area contributed by atoms with Gasteiger partial charge in [0.05, 0.1) is 16.9 Å². The number of aromatic nitrogens is 3. The highest BCUT2D eigenvalue weighted by molar-refractivity contribution is 5.99. The van der Waals surface area contributed by atoms with Crippen LogP contribution in [-0.4, -0.2) is 20.8 Å². The van der Waals surface area contributed by atoms with Gasteiger partial charge in [-0.2, -0.15) is 5.10 Å². The molecule has 0 radical (unpaired) electrons. The van der Waals surface area contributed by atoms with E-state index in [1.807, 2.05) is 60.7 Å². The van der Waals surface area contributed by atoms with Crippen molar-refractivity contribution in [1.82, 2.24) is 14.8 Å². The van der Waals surface area contributed by atoms with Crippen molar-refractivity contribution in [3.63, 3.8) is 0 Å². The molecule has 0 aliphatic heterocycles. The van der Waals surface area contributed by atoms with E-state index in [1.54, 1.807) is 10.9 Å². The number of pyridine rings is 1. The Labute approximate surface area is 182 Å². The van der Waals surface area contributed by atoms with Gasteiger partial charge in [-0.1, -0.05) is 45.9 Å². The fourth-order valence-electron chi connectivity index (χ4n) is 3.33. The number of urea groups is 1. The standard InChI is InChI=1S/C25H27N5O/c1-5-17-8-10-19(11-9-17)27-24(31)28-23-16-22(25(2,3)4)29-30(23)20-12-13-21-18(15-20)7-6-14-26-21/h6-16H,5H2,1-4H3,(H2,27,28,31). The van der Waals surface area contributed by atoms with Crippen LogP contribution in [0.15, 0.2) is 66.9 Å². The van der Waals surface area contributed by atoms with Gasteiger partial charge in [-0.05, 0) is 48.4 Å². The Kier molecular flexibility index (Phi) is 5.46. The molecule has 0 fully saturated rings. The average Bonchev–Trinajstić information content (AvgIpc) is 3.18. The summed E-state index contributed by atoms with van der Waals surface area (Å²) in [5, 5.41) is 11.7. The van der Waals surface area contributed by atoms with Crippen molar-refractivity contribution >= 4 is 28.4 Å². The van der Waals surface area contributed by atoms with Gasteiger partial charge in [0.2, 0.25) is 0 Å². The summed E-state index contributed by atoms with van der Waals surface area (Å²) in [6.45, 7) is 8.40. The minimum Gasteiger partial charge on any atom is -0.308 e. The zero-order valence-corrected chi connectivity index (χ0v) is 18.3. The second-order valence-electron chi connectivity index (χ2n) is 8.59. The highest BCUT2D eigenvalue weighted by Crippen LogP contribution is 2.27. The van der Waals surface area contributed by atoms with Crippen molar-refractivity contribution in [2.45, 2.75) is 39.5 Å². The summed E-state index contributed by atoms with van der Waals surface area (Å²) in [6.07, 6.45) is 2.74. The van der Waals surface area contributed by atoms with Crippen molar-refractivity contribution in [1.29, 1.82) is 0 Å². The van der Waals surface area contributed by atoms with Crippen LogP contribution in [0.4, 0.5) is 16.3 Å². The normalized spacial score (nSPS) is 11.5. The minimum absolute atomic E-state index is 0.160. The summed E-state index contributed by atoms with van der Waals surface area (Å²) in [5.41, 5.74) is 4.47. The van der Waals surface area contributed by atoms with Crippen LogP contribution in [0.2, 0.25) is 0 Å². The molecule has 0 unspecified atom stereocenters. The number of fused-ring (bicyclic) bond motifs is 1. The molecule has 2 amide bonds. The minimum atomic E-state index is -0.312. The summed E-state index contributed by atoms with van der Waals surface area (Å²) in [7, 11) is 0. The number of carbonyl (C=O) groups is 1. The van der Waals surface area contributed by atoms with Crippen LogP contribution in [0.3, 0.4) is 0 Å². The molecule has 0 saturated heterocycles. The number of amides is 2. The van der Waals surface area contributed by atoms with Crippen molar-refractivity contribution < 1.29 is 4.79 Å². The molecule has 31 heavy (non-hydrogen) atoms. The van der Waals surface area contributed by atoms with Crippen LogP contribution in [-0.2, 0) is 11.8 Å². The van der Waals surface area contributed by atoms with E-state index in [9.17, 15) is 4.79 Å². The lowest BCUT2D eigenvalue weighted by Crippen LogP contribution is -2.21. The molecule has 2 N–H and O–H groups in total. The first kappa shape index (κ1) is 20.6. The Hall–Kier alpha value is -3.67. The zero-order valence-electron chi connectivity index (χ0n) is 18.3. The first-order chi connectivity index (χ1) is 14.8. The van der Waals surface area contributed by atoms with Gasteiger partial charge in [-0.3, -0.25) is 10.3 Å². The van der Waals surface area contributed by atoms with Crippen LogP contribution in [0.5, 0.6) is 0 Å². The second kappa shape index (κ2) is 8.22. The molecule has 4 rings (SSSR count). The van der Waals surface area contributed by atoms with Gasteiger partial charge in [-0.15, -0.1) is 0 Å². The number of anilines is 2. The van der Waals surface area contributed by atoms with E-state index in [-0.39, 0.29) is 11.4 Å². The Balaban J connectivity index is 1.65. The molecule has 4 aromatic rings. The van der Waals surface area contributed by atoms with E-state index in [2.05, 4.69) is 43.3 Å². The summed E-state index contributed by atoms with van der Waals surface area (Å²) < 4.78 is 1.77. The van der Waals surface area contributed by atoms with E-state index in [4.69, 9.17) is 5.10 Å². The van der Waals surface area contributed by atoms with E-state index in [1.165, 1.54) is 5.56 Å². The van der Waals surface area contributed by atoms with E-state index in [0.29, 0.717) is 5.82 Å². The molecular weight excluding hydrogens is 386 g/mol. The first-order valence-corrected chi connectivity index (χ1v) is 10.5. The van der Waals surface area contributed by atoms with Crippen LogP contribution in [0.25, 0.3) is 16.6 Å². The third-order valence-corrected chi connectivity index (χ3v) is 5.17. The average molecular weight is 414 g/mol. The van der Waals surface area contributed by atoms with Crippen LogP contribution < -0.4 is 10.6 Å². The maximum absolute atomic E-state index is 12.7. The maximum Gasteiger partial charge on any atom is 0.324 e. The van der Waals surface area contributed by atoms with Gasteiger partial charge in [0.15, 0.2) is 0 Å². The van der Waals surface area contributed by atoms with Gasteiger partial charge in [-0.25, -0.2) is 9.48 Å². The molecule has 0 bridgehead atoms. The molecule has 0 saturated carbocycles. The SMILES string of the molecule is CCc1ccc(NC(=O)Nc2cc(C(C)(C)C)nn2-c2ccc3ncccc3c2)cc1. The summed E-state index contributed by atoms with van der Waals surface area (Å²) in [6, 6.07) is 19.3. The fraction of sp³-hybridized carbons (Fsp3) is 0.240. The van der Waals surface area contributed by atoms with Gasteiger partial charge in [0.1, 0.15) is 5.82 Å². The van der Waals surface area contributed by atoms with Gasteiger partial charge >= 0.3 is 6.03 Å². The number of aryl methyl sites for hydroxylation is 1. The number of nitrogens with one attached hydrogen (secondary N) is 2. The number of benzene rings is 2.